The Morgan fingerprint density at radius 1 is 1.05 bits per heavy atom. The van der Waals surface area contributed by atoms with Crippen molar-refractivity contribution in [2.45, 2.75) is 29.7 Å². The van der Waals surface area contributed by atoms with E-state index in [1.54, 1.807) is 74.6 Å². The van der Waals surface area contributed by atoms with Crippen molar-refractivity contribution in [2.75, 3.05) is 18.7 Å². The molecule has 2 N–H and O–H groups in total. The SMILES string of the molecule is Cc1ccccc1S(=O)(=O)NC(=O)NC1(C(=O)N(C)c2ccc3c(c2)OCO3)CC1c1ccccc1C#N. The second-order valence-electron chi connectivity index (χ2n) is 9.15. The third-order valence-corrected chi connectivity index (χ3v) is 8.29. The van der Waals surface area contributed by atoms with E-state index >= 15 is 0 Å². The number of likely N-dealkylation sites (N-methyl/N-ethyl adjacent to an activating group) is 1. The molecule has 38 heavy (non-hydrogen) atoms. The second-order valence-corrected chi connectivity index (χ2v) is 10.8. The number of rotatable bonds is 6. The molecule has 1 aliphatic carbocycles. The number of ether oxygens (including phenoxy) is 2. The first-order valence-electron chi connectivity index (χ1n) is 11.7. The Morgan fingerprint density at radius 3 is 2.53 bits per heavy atom. The van der Waals surface area contributed by atoms with Crippen LogP contribution in [-0.4, -0.2) is 39.7 Å². The van der Waals surface area contributed by atoms with Gasteiger partial charge in [-0.1, -0.05) is 36.4 Å². The molecule has 10 nitrogen and oxygen atoms in total. The zero-order valence-electron chi connectivity index (χ0n) is 20.6. The molecule has 0 spiro atoms. The van der Waals surface area contributed by atoms with Gasteiger partial charge in [0.05, 0.1) is 16.5 Å². The van der Waals surface area contributed by atoms with Gasteiger partial charge in [-0.25, -0.2) is 17.9 Å². The standard InChI is InChI=1S/C27H24N4O6S/c1-17-7-3-6-10-24(17)38(34,35)30-26(33)29-27(14-21(27)20-9-5-4-8-18(20)15-28)25(32)31(2)19-11-12-22-23(13-19)37-16-36-22/h3-13,21H,14,16H2,1-2H3,(H2,29,30,33). The predicted molar refractivity (Wildman–Crippen MR) is 137 cm³/mol. The lowest BCUT2D eigenvalue weighted by atomic mass is 10.00. The fraction of sp³-hybridized carbons (Fsp3) is 0.222. The van der Waals surface area contributed by atoms with E-state index in [1.807, 2.05) is 4.72 Å². The number of hydrogen-bond donors (Lipinski definition) is 2. The molecule has 0 bridgehead atoms. The summed E-state index contributed by atoms with van der Waals surface area (Å²) in [6, 6.07) is 19.2. The third-order valence-electron chi connectivity index (χ3n) is 6.79. The highest BCUT2D eigenvalue weighted by Gasteiger charge is 2.63. The fourth-order valence-corrected chi connectivity index (χ4v) is 5.90. The lowest BCUT2D eigenvalue weighted by Gasteiger charge is -2.26. The van der Waals surface area contributed by atoms with E-state index in [9.17, 15) is 23.3 Å². The van der Waals surface area contributed by atoms with E-state index < -0.39 is 33.4 Å². The first-order chi connectivity index (χ1) is 18.2. The number of benzene rings is 3. The molecule has 2 atom stereocenters. The Labute approximate surface area is 219 Å². The van der Waals surface area contributed by atoms with Crippen molar-refractivity contribution < 1.29 is 27.5 Å². The summed E-state index contributed by atoms with van der Waals surface area (Å²) in [6.45, 7) is 1.69. The number of anilines is 1. The van der Waals surface area contributed by atoms with Gasteiger partial charge in [0.15, 0.2) is 11.5 Å². The minimum absolute atomic E-state index is 0.0461. The summed E-state index contributed by atoms with van der Waals surface area (Å²) in [4.78, 5) is 28.3. The van der Waals surface area contributed by atoms with E-state index in [-0.39, 0.29) is 18.1 Å². The number of nitriles is 1. The van der Waals surface area contributed by atoms with Gasteiger partial charge < -0.3 is 19.7 Å². The maximum absolute atomic E-state index is 13.9. The second kappa shape index (κ2) is 9.39. The molecule has 194 valence electrons. The molecule has 3 aromatic rings. The predicted octanol–water partition coefficient (Wildman–Crippen LogP) is 3.17. The first kappa shape index (κ1) is 25.1. The quantitative estimate of drug-likeness (QED) is 0.497. The van der Waals surface area contributed by atoms with Crippen molar-refractivity contribution in [2.24, 2.45) is 0 Å². The lowest BCUT2D eigenvalue weighted by molar-refractivity contribution is -0.121. The van der Waals surface area contributed by atoms with Crippen LogP contribution < -0.4 is 24.4 Å². The van der Waals surface area contributed by atoms with Crippen LogP contribution in [0, 0.1) is 18.3 Å². The van der Waals surface area contributed by atoms with Crippen molar-refractivity contribution in [1.29, 1.82) is 5.26 Å². The van der Waals surface area contributed by atoms with Crippen LogP contribution >= 0.6 is 0 Å². The molecule has 0 aromatic heterocycles. The van der Waals surface area contributed by atoms with Gasteiger partial charge in [0.1, 0.15) is 5.54 Å². The average molecular weight is 533 g/mol. The van der Waals surface area contributed by atoms with Crippen molar-refractivity contribution in [3.8, 4) is 17.6 Å². The number of amides is 3. The van der Waals surface area contributed by atoms with Crippen LogP contribution in [0.5, 0.6) is 11.5 Å². The molecule has 2 unspecified atom stereocenters. The molecule has 11 heteroatoms. The largest absolute Gasteiger partial charge is 0.454 e. The number of carbonyl (C=O) groups is 2. The number of nitrogens with zero attached hydrogens (tertiary/aromatic N) is 2. The summed E-state index contributed by atoms with van der Waals surface area (Å²) < 4.78 is 38.6. The van der Waals surface area contributed by atoms with Gasteiger partial charge >= 0.3 is 6.03 Å². The Kier molecular flexibility index (Phi) is 6.20. The van der Waals surface area contributed by atoms with Gasteiger partial charge in [-0.15, -0.1) is 0 Å². The molecule has 1 fully saturated rings. The van der Waals surface area contributed by atoms with Gasteiger partial charge in [0.25, 0.3) is 15.9 Å². The van der Waals surface area contributed by atoms with Gasteiger partial charge in [-0.3, -0.25) is 4.79 Å². The molecular weight excluding hydrogens is 508 g/mol. The molecule has 1 aliphatic heterocycles. The van der Waals surface area contributed by atoms with Gasteiger partial charge in [-0.05, 0) is 48.7 Å². The Bertz CT molecular complexity index is 1600. The summed E-state index contributed by atoms with van der Waals surface area (Å²) in [5.41, 5.74) is 0.432. The van der Waals surface area contributed by atoms with Crippen LogP contribution in [0.2, 0.25) is 0 Å². The minimum Gasteiger partial charge on any atom is -0.454 e. The van der Waals surface area contributed by atoms with Crippen LogP contribution in [0.15, 0.2) is 71.6 Å². The number of fused-ring (bicyclic) bond motifs is 1. The summed E-state index contributed by atoms with van der Waals surface area (Å²) in [7, 11) is -2.65. The fourth-order valence-electron chi connectivity index (χ4n) is 4.74. The molecule has 3 aromatic carbocycles. The van der Waals surface area contributed by atoms with E-state index in [4.69, 9.17) is 9.47 Å². The molecule has 3 amide bonds. The maximum Gasteiger partial charge on any atom is 0.329 e. The number of carbonyl (C=O) groups excluding carboxylic acids is 2. The maximum atomic E-state index is 13.9. The zero-order chi connectivity index (χ0) is 27.1. The zero-order valence-corrected chi connectivity index (χ0v) is 21.4. The molecule has 2 aliphatic rings. The van der Waals surface area contributed by atoms with Crippen LogP contribution in [0.3, 0.4) is 0 Å². The van der Waals surface area contributed by atoms with Crippen molar-refractivity contribution in [1.82, 2.24) is 10.0 Å². The number of hydrogen-bond acceptors (Lipinski definition) is 7. The Balaban J connectivity index is 1.46. The minimum atomic E-state index is -4.20. The van der Waals surface area contributed by atoms with Crippen LogP contribution in [-0.2, 0) is 14.8 Å². The topological polar surface area (TPSA) is 138 Å². The molecule has 1 heterocycles. The summed E-state index contributed by atoms with van der Waals surface area (Å²) >= 11 is 0. The van der Waals surface area contributed by atoms with E-state index in [0.717, 1.165) is 0 Å². The van der Waals surface area contributed by atoms with E-state index in [0.29, 0.717) is 33.9 Å². The summed E-state index contributed by atoms with van der Waals surface area (Å²) in [5, 5.41) is 12.2. The molecule has 0 radical (unpaired) electrons. The lowest BCUT2D eigenvalue weighted by Crippen LogP contribution is -2.54. The third kappa shape index (κ3) is 4.39. The molecule has 1 saturated carbocycles. The highest BCUT2D eigenvalue weighted by Crippen LogP contribution is 2.54. The highest BCUT2D eigenvalue weighted by molar-refractivity contribution is 7.90. The van der Waals surface area contributed by atoms with E-state index in [1.165, 1.54) is 11.0 Å². The van der Waals surface area contributed by atoms with Crippen molar-refractivity contribution in [3.63, 3.8) is 0 Å². The average Bonchev–Trinajstić information content (AvgIpc) is 3.42. The van der Waals surface area contributed by atoms with Crippen LogP contribution in [0.25, 0.3) is 0 Å². The first-order valence-corrected chi connectivity index (χ1v) is 13.2. The monoisotopic (exact) mass is 532 g/mol. The number of urea groups is 1. The Morgan fingerprint density at radius 2 is 1.76 bits per heavy atom. The molecular formula is C27H24N4O6S. The number of sulfonamides is 1. The summed E-state index contributed by atoms with van der Waals surface area (Å²) in [6.07, 6.45) is 0.178. The van der Waals surface area contributed by atoms with Crippen LogP contribution in [0.1, 0.15) is 29.0 Å². The van der Waals surface area contributed by atoms with Crippen molar-refractivity contribution in [3.05, 3.63) is 83.4 Å². The van der Waals surface area contributed by atoms with Gasteiger partial charge in [0.2, 0.25) is 6.79 Å². The van der Waals surface area contributed by atoms with Gasteiger partial charge in [0, 0.05) is 24.7 Å². The Hall–Kier alpha value is -4.56. The van der Waals surface area contributed by atoms with Gasteiger partial charge in [-0.2, -0.15) is 5.26 Å². The molecule has 0 saturated heterocycles. The normalized spacial score (nSPS) is 19.2. The number of aryl methyl sites for hydroxylation is 1. The van der Waals surface area contributed by atoms with Crippen molar-refractivity contribution >= 4 is 27.6 Å². The summed E-state index contributed by atoms with van der Waals surface area (Å²) in [5.74, 6) is 0.00986. The van der Waals surface area contributed by atoms with Crippen LogP contribution in [0.4, 0.5) is 10.5 Å². The number of nitrogens with one attached hydrogen (secondary N) is 2. The highest BCUT2D eigenvalue weighted by atomic mass is 32.2. The molecule has 5 rings (SSSR count). The smallest absolute Gasteiger partial charge is 0.329 e. The van der Waals surface area contributed by atoms with E-state index in [2.05, 4.69) is 11.4 Å².